The molecule has 4 rings (SSSR count). The first-order valence-electron chi connectivity index (χ1n) is 9.18. The third-order valence-corrected chi connectivity index (χ3v) is 5.56. The van der Waals surface area contributed by atoms with Crippen LogP contribution in [0.25, 0.3) is 10.9 Å². The monoisotopic (exact) mass is 373 g/mol. The highest BCUT2D eigenvalue weighted by molar-refractivity contribution is 5.81. The summed E-state index contributed by atoms with van der Waals surface area (Å²) in [6.07, 6.45) is -4.29. The first-order valence-corrected chi connectivity index (χ1v) is 9.18. The number of para-hydroxylation sites is 1. The van der Waals surface area contributed by atoms with Crippen LogP contribution in [0.4, 0.5) is 13.2 Å². The van der Waals surface area contributed by atoms with Crippen LogP contribution >= 0.6 is 0 Å². The number of benzene rings is 2. The normalized spacial score (nSPS) is 16.2. The summed E-state index contributed by atoms with van der Waals surface area (Å²) in [5.74, 6) is 0.754. The minimum atomic E-state index is -4.21. The molecule has 2 heterocycles. The number of rotatable bonds is 4. The van der Waals surface area contributed by atoms with E-state index in [1.807, 2.05) is 50.2 Å². The Morgan fingerprint density at radius 3 is 2.59 bits per heavy atom. The van der Waals surface area contributed by atoms with Crippen LogP contribution in [0.5, 0.6) is 5.75 Å². The predicted octanol–water partition coefficient (Wildman–Crippen LogP) is 6.06. The van der Waals surface area contributed by atoms with E-state index in [0.717, 1.165) is 45.5 Å². The second kappa shape index (κ2) is 6.32. The lowest BCUT2D eigenvalue weighted by molar-refractivity contribution is -0.137. The molecule has 27 heavy (non-hydrogen) atoms. The zero-order chi connectivity index (χ0) is 19.2. The molecular formula is C22H22F3NO. The van der Waals surface area contributed by atoms with Crippen molar-refractivity contribution in [3.8, 4) is 5.75 Å². The summed E-state index contributed by atoms with van der Waals surface area (Å²) in [7, 11) is 0. The molecule has 2 aromatic carbocycles. The molecule has 2 nitrogen and oxygen atoms in total. The fraction of sp³-hybridized carbons (Fsp3) is 0.364. The first-order chi connectivity index (χ1) is 12.8. The van der Waals surface area contributed by atoms with Crippen LogP contribution in [0.15, 0.2) is 42.5 Å². The fourth-order valence-electron chi connectivity index (χ4n) is 4.05. The van der Waals surface area contributed by atoms with Crippen LogP contribution in [-0.2, 0) is 11.8 Å². The molecule has 0 fully saturated rings. The van der Waals surface area contributed by atoms with Crippen molar-refractivity contribution in [2.75, 3.05) is 6.61 Å². The molecule has 0 spiro atoms. The van der Waals surface area contributed by atoms with Gasteiger partial charge < -0.3 is 9.72 Å². The maximum absolute atomic E-state index is 13.1. The molecule has 1 unspecified atom stereocenters. The molecule has 1 N–H and O–H groups in total. The second-order valence-electron chi connectivity index (χ2n) is 7.62. The van der Waals surface area contributed by atoms with Crippen molar-refractivity contribution in [1.29, 1.82) is 0 Å². The Morgan fingerprint density at radius 2 is 1.85 bits per heavy atom. The van der Waals surface area contributed by atoms with Crippen molar-refractivity contribution < 1.29 is 17.9 Å². The van der Waals surface area contributed by atoms with Crippen LogP contribution in [0, 0.1) is 6.92 Å². The zero-order valence-electron chi connectivity index (χ0n) is 15.4. The van der Waals surface area contributed by atoms with E-state index in [1.165, 1.54) is 0 Å². The molecule has 1 aliphatic heterocycles. The zero-order valence-corrected chi connectivity index (χ0v) is 15.4. The maximum atomic E-state index is 13.1. The lowest BCUT2D eigenvalue weighted by atomic mass is 9.74. The van der Waals surface area contributed by atoms with Crippen LogP contribution in [0.3, 0.4) is 0 Å². The van der Waals surface area contributed by atoms with Gasteiger partial charge in [0.2, 0.25) is 0 Å². The number of hydrogen-bond donors (Lipinski definition) is 1. The van der Waals surface area contributed by atoms with Gasteiger partial charge in [0, 0.05) is 35.0 Å². The van der Waals surface area contributed by atoms with Crippen LogP contribution in [-0.4, -0.2) is 17.8 Å². The predicted molar refractivity (Wildman–Crippen MR) is 100 cm³/mol. The highest BCUT2D eigenvalue weighted by Gasteiger charge is 2.39. The Kier molecular flexibility index (Phi) is 4.21. The quantitative estimate of drug-likeness (QED) is 0.591. The molecule has 0 amide bonds. The topological polar surface area (TPSA) is 25.0 Å². The number of fused-ring (bicyclic) bond motifs is 2. The van der Waals surface area contributed by atoms with Crippen molar-refractivity contribution in [3.63, 3.8) is 0 Å². The number of alkyl halides is 3. The van der Waals surface area contributed by atoms with Crippen LogP contribution in [0.1, 0.15) is 42.1 Å². The highest BCUT2D eigenvalue weighted by atomic mass is 19.4. The van der Waals surface area contributed by atoms with Gasteiger partial charge in [-0.1, -0.05) is 35.9 Å². The summed E-state index contributed by atoms with van der Waals surface area (Å²) < 4.78 is 45.3. The van der Waals surface area contributed by atoms with Gasteiger partial charge in [0.15, 0.2) is 0 Å². The summed E-state index contributed by atoms with van der Waals surface area (Å²) in [6, 6.07) is 13.8. The van der Waals surface area contributed by atoms with Gasteiger partial charge in [0.1, 0.15) is 5.75 Å². The molecule has 0 saturated carbocycles. The Labute approximate surface area is 156 Å². The van der Waals surface area contributed by atoms with Gasteiger partial charge in [-0.25, -0.2) is 0 Å². The minimum absolute atomic E-state index is 0.0391. The van der Waals surface area contributed by atoms with E-state index in [-0.39, 0.29) is 6.42 Å². The third-order valence-electron chi connectivity index (χ3n) is 5.56. The molecule has 3 aromatic rings. The van der Waals surface area contributed by atoms with Gasteiger partial charge >= 0.3 is 6.18 Å². The molecule has 1 aromatic heterocycles. The standard InChI is InChI=1S/C22H22F3NO/c1-14-11-16-7-10-27-20(16)17(12-14)21(2,8-9-22(23,24)25)19-13-15-5-3-4-6-18(15)26-19/h3-6,11-13,26H,7-10H2,1-2H3. The first kappa shape index (κ1) is 18.0. The summed E-state index contributed by atoms with van der Waals surface area (Å²) in [5.41, 5.74) is 3.86. The lowest BCUT2D eigenvalue weighted by Crippen LogP contribution is -2.27. The number of nitrogens with one attached hydrogen (secondary N) is 1. The lowest BCUT2D eigenvalue weighted by Gasteiger charge is -2.32. The number of H-pyrrole nitrogens is 1. The van der Waals surface area contributed by atoms with E-state index < -0.39 is 18.0 Å². The van der Waals surface area contributed by atoms with E-state index in [2.05, 4.69) is 11.1 Å². The van der Waals surface area contributed by atoms with E-state index >= 15 is 0 Å². The highest BCUT2D eigenvalue weighted by Crippen LogP contribution is 2.46. The van der Waals surface area contributed by atoms with Gasteiger partial charge in [-0.3, -0.25) is 0 Å². The molecule has 0 saturated heterocycles. The van der Waals surface area contributed by atoms with Crippen molar-refractivity contribution in [3.05, 3.63) is 64.8 Å². The average molecular weight is 373 g/mol. The molecule has 142 valence electrons. The van der Waals surface area contributed by atoms with Crippen LogP contribution < -0.4 is 4.74 Å². The summed E-state index contributed by atoms with van der Waals surface area (Å²) >= 11 is 0. The molecule has 1 atom stereocenters. The number of ether oxygens (including phenoxy) is 1. The van der Waals surface area contributed by atoms with Crippen molar-refractivity contribution >= 4 is 10.9 Å². The Hall–Kier alpha value is -2.43. The van der Waals surface area contributed by atoms with E-state index in [1.54, 1.807) is 0 Å². The van der Waals surface area contributed by atoms with Crippen molar-refractivity contribution in [2.24, 2.45) is 0 Å². The molecule has 5 heteroatoms. The smallest absolute Gasteiger partial charge is 0.389 e. The number of halogens is 3. The molecule has 0 bridgehead atoms. The molecule has 0 radical (unpaired) electrons. The van der Waals surface area contributed by atoms with E-state index in [4.69, 9.17) is 4.74 Å². The summed E-state index contributed by atoms with van der Waals surface area (Å²) in [4.78, 5) is 3.36. The fourth-order valence-corrected chi connectivity index (χ4v) is 4.05. The largest absolute Gasteiger partial charge is 0.493 e. The van der Waals surface area contributed by atoms with Crippen molar-refractivity contribution in [1.82, 2.24) is 4.98 Å². The van der Waals surface area contributed by atoms with E-state index in [9.17, 15) is 13.2 Å². The average Bonchev–Trinajstić information content (AvgIpc) is 3.24. The SMILES string of the molecule is Cc1cc2c(c(C(C)(CCC(F)(F)F)c3cc4ccccc4[nH]3)c1)OCC2. The third kappa shape index (κ3) is 3.31. The Balaban J connectivity index is 1.89. The van der Waals surface area contributed by atoms with Gasteiger partial charge in [-0.05, 0) is 43.4 Å². The van der Waals surface area contributed by atoms with Gasteiger partial charge in [-0.15, -0.1) is 0 Å². The van der Waals surface area contributed by atoms with Gasteiger partial charge in [0.25, 0.3) is 0 Å². The molecule has 0 aliphatic carbocycles. The number of hydrogen-bond acceptors (Lipinski definition) is 1. The Morgan fingerprint density at radius 1 is 1.07 bits per heavy atom. The number of aryl methyl sites for hydroxylation is 1. The van der Waals surface area contributed by atoms with E-state index in [0.29, 0.717) is 6.61 Å². The second-order valence-corrected chi connectivity index (χ2v) is 7.62. The van der Waals surface area contributed by atoms with Crippen molar-refractivity contribution in [2.45, 2.75) is 44.7 Å². The molecular weight excluding hydrogens is 351 g/mol. The van der Waals surface area contributed by atoms with Gasteiger partial charge in [0.05, 0.1) is 6.61 Å². The minimum Gasteiger partial charge on any atom is -0.493 e. The molecule has 1 aliphatic rings. The number of aromatic amines is 1. The summed E-state index contributed by atoms with van der Waals surface area (Å²) in [5, 5.41) is 0.996. The van der Waals surface area contributed by atoms with Gasteiger partial charge in [-0.2, -0.15) is 13.2 Å². The Bertz CT molecular complexity index is 956. The maximum Gasteiger partial charge on any atom is 0.389 e. The summed E-state index contributed by atoms with van der Waals surface area (Å²) in [6.45, 7) is 4.45. The number of aromatic nitrogens is 1. The van der Waals surface area contributed by atoms with Crippen LogP contribution in [0.2, 0.25) is 0 Å².